The number of aliphatic hydroxyl groups is 12. The minimum atomic E-state index is -2.29. The van der Waals surface area contributed by atoms with Gasteiger partial charge in [-0.3, -0.25) is 9.98 Å². The molecule has 2 rings (SSSR count). The molecule has 64 heavy (non-hydrogen) atoms. The minimum absolute atomic E-state index is 0.124. The maximum absolute atomic E-state index is 10.2. The van der Waals surface area contributed by atoms with Crippen LogP contribution in [0.25, 0.3) is 0 Å². The van der Waals surface area contributed by atoms with E-state index in [1.165, 1.54) is 0 Å². The van der Waals surface area contributed by atoms with Gasteiger partial charge in [0, 0.05) is 34.5 Å². The number of carbonyl (C=O) groups is 2. The summed E-state index contributed by atoms with van der Waals surface area (Å²) in [5.74, 6) is -3.01. The minimum Gasteiger partial charge on any atom is -0.479 e. The van der Waals surface area contributed by atoms with E-state index in [2.05, 4.69) is 30.6 Å². The van der Waals surface area contributed by atoms with Gasteiger partial charge >= 0.3 is 11.9 Å². The molecular weight excluding hydrogens is 899 g/mol. The number of hydrogen-bond donors (Lipinski definition) is 20. The third-order valence-electron chi connectivity index (χ3n) is 8.03. The molecule has 2 aromatic carbocycles. The molecule has 0 fully saturated rings. The molecule has 0 aliphatic carbocycles. The summed E-state index contributed by atoms with van der Waals surface area (Å²) in [6.07, 6.45) is -16.8. The molecule has 362 valence electrons. The highest BCUT2D eigenvalue weighted by Gasteiger charge is 2.38. The quantitative estimate of drug-likeness (QED) is 0.0317. The molecule has 0 bridgehead atoms. The van der Waals surface area contributed by atoms with Crippen molar-refractivity contribution in [3.8, 4) is 0 Å². The van der Waals surface area contributed by atoms with Crippen LogP contribution in [-0.2, 0) is 9.59 Å². The van der Waals surface area contributed by atoms with Crippen molar-refractivity contribution < 1.29 is 81.1 Å². The summed E-state index contributed by atoms with van der Waals surface area (Å²) in [6, 6.07) is 14.1. The molecule has 28 heteroatoms. The van der Waals surface area contributed by atoms with Crippen molar-refractivity contribution in [2.45, 2.75) is 86.7 Å². The summed E-state index contributed by atoms with van der Waals surface area (Å²) < 4.78 is 0. The lowest BCUT2D eigenvalue weighted by molar-refractivity contribution is -0.170. The van der Waals surface area contributed by atoms with Crippen LogP contribution in [0.3, 0.4) is 0 Å². The first-order chi connectivity index (χ1) is 30.0. The molecule has 0 aliphatic heterocycles. The number of aliphatic hydroxyl groups excluding tert-OH is 12. The van der Waals surface area contributed by atoms with E-state index < -0.39 is 86.2 Å². The Hall–Kier alpha value is -5.04. The van der Waals surface area contributed by atoms with Crippen molar-refractivity contribution in [3.63, 3.8) is 0 Å². The molecule has 10 atom stereocenters. The Bertz CT molecular complexity index is 1660. The molecule has 0 saturated heterocycles. The summed E-state index contributed by atoms with van der Waals surface area (Å²) in [4.78, 5) is 36.9. The second-order valence-corrected chi connectivity index (χ2v) is 14.0. The zero-order valence-electron chi connectivity index (χ0n) is 34.0. The Morgan fingerprint density at radius 1 is 0.500 bits per heavy atom. The fourth-order valence-corrected chi connectivity index (χ4v) is 4.69. The first-order valence-corrected chi connectivity index (χ1v) is 19.5. The summed E-state index contributed by atoms with van der Waals surface area (Å²) >= 11 is 11.7. The van der Waals surface area contributed by atoms with Gasteiger partial charge in [0.2, 0.25) is 23.8 Å². The number of benzene rings is 2. The van der Waals surface area contributed by atoms with E-state index in [9.17, 15) is 9.59 Å². The molecule has 2 aromatic rings. The second-order valence-electron chi connectivity index (χ2n) is 13.2. The Balaban J connectivity index is 0.00000109. The lowest BCUT2D eigenvalue weighted by atomic mass is 9.99. The highest BCUT2D eigenvalue weighted by molar-refractivity contribution is 6.31. The average Bonchev–Trinajstić information content (AvgIpc) is 3.26. The maximum Gasteiger partial charge on any atom is 0.335 e. The molecular formula is C36H58Cl2N10O16. The summed E-state index contributed by atoms with van der Waals surface area (Å²) in [6.45, 7) is -0.638. The molecule has 0 aliphatic rings. The largest absolute Gasteiger partial charge is 0.479 e. The van der Waals surface area contributed by atoms with Crippen LogP contribution in [0.5, 0.6) is 0 Å². The number of anilines is 2. The van der Waals surface area contributed by atoms with Gasteiger partial charge in [-0.25, -0.2) is 9.59 Å². The Kier molecular flexibility index (Phi) is 29.2. The molecule has 0 unspecified atom stereocenters. The van der Waals surface area contributed by atoms with Gasteiger partial charge in [-0.1, -0.05) is 36.0 Å². The zero-order chi connectivity index (χ0) is 49.1. The standard InChI is InChI=1S/C22H30Cl2N10.2C7H14O8/c23-15-5-9-17(10-6-15)31-21(27)33-19(25)29-13-3-1-2-4-14-30-20(26)34-22(28)32-18-11-7-16(24)8-12-18;2*8-1-2(9)3(10)4(11)5(12)6(13)7(14)15/h5-12H,1-4,13-14H2,(H5,25,27,29,31,33)(H5,26,28,30,32,34);2*2-6,8-13H,1H2,(H,14,15)/t;2*2-,3+,4-,5-,6-/m.11/s1. The number of rotatable bonds is 21. The number of nitrogens with one attached hydrogen (secondary N) is 2. The second kappa shape index (κ2) is 31.7. The van der Waals surface area contributed by atoms with Crippen molar-refractivity contribution in [1.82, 2.24) is 0 Å². The number of aliphatic carboxylic acids is 2. The van der Waals surface area contributed by atoms with Gasteiger partial charge in [0.25, 0.3) is 0 Å². The van der Waals surface area contributed by atoms with E-state index in [0.29, 0.717) is 23.1 Å². The number of carboxylic acids is 2. The number of nitrogens with two attached hydrogens (primary N) is 4. The SMILES string of the molecule is NC(=NCCCCCCN=C(N)N=C(N)Nc1ccc(Cl)cc1)N=C(N)Nc1ccc(Cl)cc1.O=C(O)[C@H](O)[C@H](O)[C@H](O)[C@@H](O)[C@H](O)CO.O=C(O)[C@H](O)[C@H](O)[C@H](O)[C@@H](O)[C@H](O)CO. The number of guanidine groups is 4. The molecule has 0 aromatic heterocycles. The molecule has 24 N–H and O–H groups in total. The normalized spacial score (nSPS) is 17.0. The Morgan fingerprint density at radius 2 is 0.797 bits per heavy atom. The number of carboxylic acid groups (broad SMARTS) is 2. The van der Waals surface area contributed by atoms with Crippen LogP contribution in [-0.4, -0.2) is 195 Å². The van der Waals surface area contributed by atoms with Crippen molar-refractivity contribution in [1.29, 1.82) is 0 Å². The van der Waals surface area contributed by atoms with E-state index in [-0.39, 0.29) is 23.8 Å². The third kappa shape index (κ3) is 24.1. The number of halogens is 2. The van der Waals surface area contributed by atoms with Gasteiger partial charge in [-0.15, -0.1) is 0 Å². The molecule has 0 heterocycles. The monoisotopic (exact) mass is 956 g/mol. The highest BCUT2D eigenvalue weighted by atomic mass is 35.5. The summed E-state index contributed by atoms with van der Waals surface area (Å²) in [5.41, 5.74) is 24.8. The molecule has 26 nitrogen and oxygen atoms in total. The lowest BCUT2D eigenvalue weighted by Gasteiger charge is -2.26. The number of aliphatic imine (C=N–C) groups is 4. The van der Waals surface area contributed by atoms with Gasteiger partial charge in [-0.2, -0.15) is 9.98 Å². The summed E-state index contributed by atoms with van der Waals surface area (Å²) in [7, 11) is 0. The van der Waals surface area contributed by atoms with Gasteiger partial charge < -0.3 is 105 Å². The van der Waals surface area contributed by atoms with Gasteiger partial charge in [-0.05, 0) is 61.4 Å². The fourth-order valence-electron chi connectivity index (χ4n) is 4.44. The van der Waals surface area contributed by atoms with Crippen LogP contribution >= 0.6 is 23.2 Å². The van der Waals surface area contributed by atoms with Gasteiger partial charge in [0.1, 0.15) is 48.8 Å². The smallest absolute Gasteiger partial charge is 0.335 e. The van der Waals surface area contributed by atoms with Crippen molar-refractivity contribution in [2.75, 3.05) is 36.9 Å². The predicted octanol–water partition coefficient (Wildman–Crippen LogP) is -4.93. The highest BCUT2D eigenvalue weighted by Crippen LogP contribution is 2.14. The third-order valence-corrected chi connectivity index (χ3v) is 8.54. The molecule has 0 radical (unpaired) electrons. The first-order valence-electron chi connectivity index (χ1n) is 18.8. The van der Waals surface area contributed by atoms with Crippen molar-refractivity contribution in [3.05, 3.63) is 58.6 Å². The summed E-state index contributed by atoms with van der Waals surface area (Å²) in [5, 5.41) is 130. The molecule has 0 saturated carbocycles. The van der Waals surface area contributed by atoms with Crippen LogP contribution in [0.15, 0.2) is 68.5 Å². The average molecular weight is 958 g/mol. The first kappa shape index (κ1) is 59.0. The van der Waals surface area contributed by atoms with E-state index in [4.69, 9.17) is 118 Å². The van der Waals surface area contributed by atoms with E-state index in [1.54, 1.807) is 48.5 Å². The topological polar surface area (TPSA) is 495 Å². The Labute approximate surface area is 375 Å². The predicted molar refractivity (Wildman–Crippen MR) is 234 cm³/mol. The Morgan fingerprint density at radius 3 is 1.06 bits per heavy atom. The van der Waals surface area contributed by atoms with Gasteiger partial charge in [0.15, 0.2) is 12.2 Å². The van der Waals surface area contributed by atoms with Crippen LogP contribution in [0.1, 0.15) is 25.7 Å². The fraction of sp³-hybridized carbons (Fsp3) is 0.500. The number of hydrogen-bond acceptors (Lipinski definition) is 16. The maximum atomic E-state index is 10.2. The van der Waals surface area contributed by atoms with Crippen LogP contribution < -0.4 is 33.6 Å². The van der Waals surface area contributed by atoms with Crippen LogP contribution in [0, 0.1) is 0 Å². The molecule has 0 amide bonds. The zero-order valence-corrected chi connectivity index (χ0v) is 35.5. The lowest BCUT2D eigenvalue weighted by Crippen LogP contribution is -2.51. The van der Waals surface area contributed by atoms with Gasteiger partial charge in [0.05, 0.1) is 13.2 Å². The van der Waals surface area contributed by atoms with E-state index in [1.807, 2.05) is 0 Å². The molecule has 0 spiro atoms. The van der Waals surface area contributed by atoms with Crippen molar-refractivity contribution in [2.24, 2.45) is 42.9 Å². The number of nitrogens with zero attached hydrogens (tertiary/aromatic N) is 4. The van der Waals surface area contributed by atoms with E-state index in [0.717, 1.165) is 37.1 Å². The van der Waals surface area contributed by atoms with Crippen molar-refractivity contribution >= 4 is 70.4 Å². The number of unbranched alkanes of at least 4 members (excludes halogenated alkanes) is 3. The van der Waals surface area contributed by atoms with Crippen LogP contribution in [0.4, 0.5) is 11.4 Å². The van der Waals surface area contributed by atoms with E-state index >= 15 is 0 Å². The van der Waals surface area contributed by atoms with Crippen LogP contribution in [0.2, 0.25) is 10.0 Å².